The van der Waals surface area contributed by atoms with E-state index >= 15 is 0 Å². The molecular weight excluding hydrogens is 375 g/mol. The van der Waals surface area contributed by atoms with Gasteiger partial charge in [0.25, 0.3) is 0 Å². The van der Waals surface area contributed by atoms with Gasteiger partial charge >= 0.3 is 6.18 Å². The summed E-state index contributed by atoms with van der Waals surface area (Å²) in [6, 6.07) is 6.50. The summed E-state index contributed by atoms with van der Waals surface area (Å²) < 4.78 is 47.3. The van der Waals surface area contributed by atoms with Crippen LogP contribution >= 0.6 is 0 Å². The monoisotopic (exact) mass is 387 g/mol. The van der Waals surface area contributed by atoms with Gasteiger partial charge in [-0.25, -0.2) is 9.97 Å². The molecule has 1 aliphatic heterocycles. The van der Waals surface area contributed by atoms with Gasteiger partial charge in [0.2, 0.25) is 17.5 Å². The minimum atomic E-state index is -4.62. The number of alkyl halides is 3. The van der Waals surface area contributed by atoms with Gasteiger partial charge in [0.1, 0.15) is 11.9 Å². The zero-order valence-corrected chi connectivity index (χ0v) is 14.3. The summed E-state index contributed by atoms with van der Waals surface area (Å²) in [5, 5.41) is 12.6. The third-order valence-corrected chi connectivity index (χ3v) is 4.63. The predicted octanol–water partition coefficient (Wildman–Crippen LogP) is 2.50. The summed E-state index contributed by atoms with van der Waals surface area (Å²) in [6.45, 7) is -0.390. The van der Waals surface area contributed by atoms with Crippen molar-refractivity contribution in [1.82, 2.24) is 25.1 Å². The summed E-state index contributed by atoms with van der Waals surface area (Å²) >= 11 is 0. The molecule has 0 bridgehead atoms. The lowest BCUT2D eigenvalue weighted by molar-refractivity contribution is -0.191. The van der Waals surface area contributed by atoms with Crippen LogP contribution in [0.1, 0.15) is 18.1 Å². The van der Waals surface area contributed by atoms with E-state index in [4.69, 9.17) is 9.78 Å². The molecule has 3 aromatic heterocycles. The van der Waals surface area contributed by atoms with Crippen molar-refractivity contribution < 1.29 is 17.7 Å². The summed E-state index contributed by atoms with van der Waals surface area (Å²) in [5.74, 6) is -0.335. The molecule has 0 saturated carbocycles. The molecule has 142 valence electrons. The zero-order chi connectivity index (χ0) is 19.8. The third kappa shape index (κ3) is 2.92. The number of pyridine rings is 1. The van der Waals surface area contributed by atoms with Crippen LogP contribution < -0.4 is 4.90 Å². The molecule has 0 radical (unpaired) electrons. The Morgan fingerprint density at radius 1 is 1.21 bits per heavy atom. The molecule has 1 unspecified atom stereocenters. The Balaban J connectivity index is 1.70. The normalized spacial score (nSPS) is 19.6. The lowest BCUT2D eigenvalue weighted by atomic mass is 9.86. The summed E-state index contributed by atoms with van der Waals surface area (Å²) in [7, 11) is 0. The Kier molecular flexibility index (Phi) is 4.18. The molecule has 4 rings (SSSR count). The van der Waals surface area contributed by atoms with Crippen molar-refractivity contribution in [3.8, 4) is 17.5 Å². The molecule has 1 atom stereocenters. The maximum absolute atomic E-state index is 14.1. The number of halogens is 3. The largest absolute Gasteiger partial charge is 0.405 e. The average Bonchev–Trinajstić information content (AvgIpc) is 3.36. The zero-order valence-electron chi connectivity index (χ0n) is 14.3. The lowest BCUT2D eigenvalue weighted by Crippen LogP contribution is -2.45. The molecule has 0 aromatic carbocycles. The lowest BCUT2D eigenvalue weighted by Gasteiger charge is -2.28. The van der Waals surface area contributed by atoms with Crippen molar-refractivity contribution in [2.45, 2.75) is 18.0 Å². The highest BCUT2D eigenvalue weighted by atomic mass is 19.4. The van der Waals surface area contributed by atoms with Gasteiger partial charge in [0.15, 0.2) is 5.41 Å². The van der Waals surface area contributed by atoms with Crippen molar-refractivity contribution in [3.05, 3.63) is 48.5 Å². The first-order valence-corrected chi connectivity index (χ1v) is 8.22. The fourth-order valence-electron chi connectivity index (χ4n) is 3.14. The number of anilines is 1. The Hall–Kier alpha value is -3.55. The van der Waals surface area contributed by atoms with Crippen LogP contribution in [0.25, 0.3) is 11.4 Å². The van der Waals surface area contributed by atoms with Crippen LogP contribution in [0.3, 0.4) is 0 Å². The van der Waals surface area contributed by atoms with E-state index in [0.717, 1.165) is 0 Å². The van der Waals surface area contributed by atoms with E-state index in [1.807, 2.05) is 0 Å². The minimum Gasteiger partial charge on any atom is -0.355 e. The molecule has 3 aromatic rings. The molecule has 1 aliphatic rings. The highest BCUT2D eigenvalue weighted by Crippen LogP contribution is 2.48. The van der Waals surface area contributed by atoms with E-state index in [1.54, 1.807) is 18.2 Å². The Morgan fingerprint density at radius 3 is 2.79 bits per heavy atom. The van der Waals surface area contributed by atoms with Crippen molar-refractivity contribution >= 4 is 5.82 Å². The molecular formula is C17H12F3N7O. The van der Waals surface area contributed by atoms with Gasteiger partial charge in [0.05, 0.1) is 0 Å². The van der Waals surface area contributed by atoms with Gasteiger partial charge in [0, 0.05) is 37.2 Å². The fourth-order valence-corrected chi connectivity index (χ4v) is 3.14. The summed E-state index contributed by atoms with van der Waals surface area (Å²) in [5.41, 5.74) is -1.88. The highest BCUT2D eigenvalue weighted by Gasteiger charge is 2.63. The van der Waals surface area contributed by atoms with E-state index < -0.39 is 24.0 Å². The second-order valence-corrected chi connectivity index (χ2v) is 6.27. The standard InChI is InChI=1S/C17H12F3N7O/c18-17(19,20)16(15-25-14(26-28-15)11-2-1-5-22-9-11)4-7-27(10-16)13-3-6-23-12(8-21)24-13/h1-3,5-6,9H,4,7,10H2. The van der Waals surface area contributed by atoms with Crippen LogP contribution in [0.4, 0.5) is 19.0 Å². The fraction of sp³-hybridized carbons (Fsp3) is 0.294. The van der Waals surface area contributed by atoms with Gasteiger partial charge in [-0.3, -0.25) is 4.98 Å². The molecule has 0 N–H and O–H groups in total. The van der Waals surface area contributed by atoms with E-state index in [1.165, 1.54) is 29.6 Å². The van der Waals surface area contributed by atoms with E-state index in [9.17, 15) is 13.2 Å². The molecule has 11 heteroatoms. The van der Waals surface area contributed by atoms with Crippen molar-refractivity contribution in [2.24, 2.45) is 0 Å². The first kappa shape index (κ1) is 17.8. The molecule has 8 nitrogen and oxygen atoms in total. The van der Waals surface area contributed by atoms with E-state index in [-0.39, 0.29) is 30.4 Å². The Labute approximate surface area is 156 Å². The van der Waals surface area contributed by atoms with E-state index in [2.05, 4.69) is 25.1 Å². The Morgan fingerprint density at radius 2 is 2.07 bits per heavy atom. The van der Waals surface area contributed by atoms with Crippen molar-refractivity contribution in [1.29, 1.82) is 5.26 Å². The molecule has 28 heavy (non-hydrogen) atoms. The van der Waals surface area contributed by atoms with Gasteiger partial charge in [-0.05, 0) is 24.6 Å². The molecule has 1 fully saturated rings. The Bertz CT molecular complexity index is 1030. The smallest absolute Gasteiger partial charge is 0.355 e. The van der Waals surface area contributed by atoms with Crippen LogP contribution in [0.2, 0.25) is 0 Å². The SMILES string of the molecule is N#Cc1nccc(N2CCC(c3nc(-c4cccnc4)no3)(C(F)(F)F)C2)n1. The van der Waals surface area contributed by atoms with Crippen LogP contribution in [0, 0.1) is 11.3 Å². The number of hydrogen-bond acceptors (Lipinski definition) is 8. The van der Waals surface area contributed by atoms with Crippen molar-refractivity contribution in [2.75, 3.05) is 18.0 Å². The van der Waals surface area contributed by atoms with Crippen LogP contribution in [0.15, 0.2) is 41.3 Å². The average molecular weight is 387 g/mol. The quantitative estimate of drug-likeness (QED) is 0.675. The first-order valence-electron chi connectivity index (χ1n) is 8.22. The predicted molar refractivity (Wildman–Crippen MR) is 88.8 cm³/mol. The summed E-state index contributed by atoms with van der Waals surface area (Å²) in [6.07, 6.45) is -0.585. The van der Waals surface area contributed by atoms with Gasteiger partial charge in [-0.15, -0.1) is 0 Å². The number of nitrogens with zero attached hydrogens (tertiary/aromatic N) is 7. The molecule has 4 heterocycles. The second kappa shape index (κ2) is 6.56. The molecule has 0 amide bonds. The van der Waals surface area contributed by atoms with Crippen LogP contribution in [-0.2, 0) is 5.41 Å². The topological polar surface area (TPSA) is 105 Å². The van der Waals surface area contributed by atoms with Crippen molar-refractivity contribution in [3.63, 3.8) is 0 Å². The molecule has 0 aliphatic carbocycles. The van der Waals surface area contributed by atoms with Gasteiger partial charge < -0.3 is 9.42 Å². The highest BCUT2D eigenvalue weighted by molar-refractivity contribution is 5.52. The third-order valence-electron chi connectivity index (χ3n) is 4.63. The summed E-state index contributed by atoms with van der Waals surface area (Å²) in [4.78, 5) is 17.1. The van der Waals surface area contributed by atoms with Gasteiger partial charge in [-0.2, -0.15) is 23.4 Å². The van der Waals surface area contributed by atoms with E-state index in [0.29, 0.717) is 5.56 Å². The maximum Gasteiger partial charge on any atom is 0.405 e. The number of hydrogen-bond donors (Lipinski definition) is 0. The first-order chi connectivity index (χ1) is 13.4. The molecule has 1 saturated heterocycles. The molecule has 0 spiro atoms. The minimum absolute atomic E-state index is 0.0407. The second-order valence-electron chi connectivity index (χ2n) is 6.27. The number of aromatic nitrogens is 5. The number of rotatable bonds is 3. The van der Waals surface area contributed by atoms with Gasteiger partial charge in [-0.1, -0.05) is 5.16 Å². The maximum atomic E-state index is 14.1. The number of nitriles is 1. The van der Waals surface area contributed by atoms with Crippen LogP contribution in [-0.4, -0.2) is 44.4 Å². The van der Waals surface area contributed by atoms with Crippen LogP contribution in [0.5, 0.6) is 0 Å².